The number of ether oxygens (including phenoxy) is 2. The van der Waals surface area contributed by atoms with Crippen LogP contribution in [-0.4, -0.2) is 41.4 Å². The number of pyridine rings is 1. The summed E-state index contributed by atoms with van der Waals surface area (Å²) in [7, 11) is 3.05. The Morgan fingerprint density at radius 2 is 1.89 bits per heavy atom. The molecule has 2 atom stereocenters. The van der Waals surface area contributed by atoms with E-state index in [0.29, 0.717) is 16.5 Å². The zero-order valence-electron chi connectivity index (χ0n) is 21.4. The normalized spacial score (nSPS) is 16.8. The predicted octanol–water partition coefficient (Wildman–Crippen LogP) is 4.95. The van der Waals surface area contributed by atoms with E-state index < -0.39 is 0 Å². The largest absolute Gasteiger partial charge is 0.495 e. The summed E-state index contributed by atoms with van der Waals surface area (Å²) in [5.41, 5.74) is 5.51. The molecule has 1 fully saturated rings. The molecule has 2 N–H and O–H groups in total. The van der Waals surface area contributed by atoms with Crippen molar-refractivity contribution in [2.45, 2.75) is 19.0 Å². The molecule has 0 saturated carbocycles. The van der Waals surface area contributed by atoms with Gasteiger partial charge in [0.1, 0.15) is 18.4 Å². The van der Waals surface area contributed by atoms with Crippen LogP contribution in [-0.2, 0) is 9.53 Å². The van der Waals surface area contributed by atoms with Crippen LogP contribution in [0.4, 0.5) is 11.4 Å². The van der Waals surface area contributed by atoms with Crippen molar-refractivity contribution < 1.29 is 14.3 Å². The minimum atomic E-state index is -0.276. The molecule has 0 aliphatic carbocycles. The van der Waals surface area contributed by atoms with Crippen LogP contribution in [0.1, 0.15) is 29.0 Å². The summed E-state index contributed by atoms with van der Waals surface area (Å²) in [4.78, 5) is 19.1. The number of thiocarbonyl (C=S) groups is 1. The highest BCUT2D eigenvalue weighted by atomic mass is 32.1. The molecule has 0 radical (unpaired) electrons. The molecule has 2 aromatic heterocycles. The number of benzene rings is 2. The summed E-state index contributed by atoms with van der Waals surface area (Å²) in [5, 5.41) is 6.94. The van der Waals surface area contributed by atoms with Gasteiger partial charge in [0.05, 0.1) is 24.5 Å². The van der Waals surface area contributed by atoms with Gasteiger partial charge in [-0.05, 0) is 73.2 Å². The Kier molecular flexibility index (Phi) is 7.39. The van der Waals surface area contributed by atoms with Crippen LogP contribution in [0.25, 0.3) is 5.69 Å². The molecular weight excluding hydrogens is 498 g/mol. The maximum Gasteiger partial charge on any atom is 0.250 e. The molecule has 0 bridgehead atoms. The second-order valence-electron chi connectivity index (χ2n) is 8.95. The first-order chi connectivity index (χ1) is 18.5. The molecule has 1 aliphatic rings. The van der Waals surface area contributed by atoms with E-state index >= 15 is 0 Å². The third kappa shape index (κ3) is 4.85. The summed E-state index contributed by atoms with van der Waals surface area (Å²) in [5.74, 6) is 0.263. The molecule has 1 amide bonds. The number of nitrogens with zero attached hydrogens (tertiary/aromatic N) is 3. The standard InChI is InChI=1S/C29H29N5O3S/c1-19-9-4-5-11-23(19)33-16-8-12-24(33)28-27(21-10-6-7-15-30-21)32-29(38)34(28)20-13-14-25(37-3)22(17-20)31-26(35)18-36-2/h4-17,27-28H,18H2,1-3H3,(H,31,35)(H,32,38)/t27-,28-/m1/s1. The van der Waals surface area contributed by atoms with Crippen LogP contribution in [0.3, 0.4) is 0 Å². The van der Waals surface area contributed by atoms with Crippen molar-refractivity contribution in [2.75, 3.05) is 31.0 Å². The molecule has 194 valence electrons. The van der Waals surface area contributed by atoms with Crippen LogP contribution in [0.15, 0.2) is 85.2 Å². The number of nitrogens with one attached hydrogen (secondary N) is 2. The molecule has 0 spiro atoms. The lowest BCUT2D eigenvalue weighted by molar-refractivity contribution is -0.119. The summed E-state index contributed by atoms with van der Waals surface area (Å²) < 4.78 is 12.7. The molecule has 1 aliphatic heterocycles. The van der Waals surface area contributed by atoms with Gasteiger partial charge in [-0.1, -0.05) is 24.3 Å². The Hall–Kier alpha value is -4.21. The van der Waals surface area contributed by atoms with Gasteiger partial charge in [0.25, 0.3) is 0 Å². The number of hydrogen-bond donors (Lipinski definition) is 2. The summed E-state index contributed by atoms with van der Waals surface area (Å²) in [6.45, 7) is 2.04. The molecule has 2 aromatic carbocycles. The fraction of sp³-hybridized carbons (Fsp3) is 0.207. The van der Waals surface area contributed by atoms with Crippen molar-refractivity contribution in [2.24, 2.45) is 0 Å². The van der Waals surface area contributed by atoms with Gasteiger partial charge in [-0.3, -0.25) is 9.78 Å². The summed E-state index contributed by atoms with van der Waals surface area (Å²) in [6.07, 6.45) is 3.86. The number of para-hydroxylation sites is 1. The Bertz CT molecular complexity index is 1460. The number of methoxy groups -OCH3 is 2. The van der Waals surface area contributed by atoms with Gasteiger partial charge >= 0.3 is 0 Å². The highest BCUT2D eigenvalue weighted by Gasteiger charge is 2.42. The number of rotatable bonds is 8. The number of hydrogen-bond acceptors (Lipinski definition) is 5. The molecule has 38 heavy (non-hydrogen) atoms. The van der Waals surface area contributed by atoms with Gasteiger partial charge in [-0.25, -0.2) is 0 Å². The molecular formula is C29H29N5O3S. The average molecular weight is 528 g/mol. The molecule has 9 heteroatoms. The lowest BCUT2D eigenvalue weighted by Crippen LogP contribution is -2.30. The molecule has 3 heterocycles. The van der Waals surface area contributed by atoms with Gasteiger partial charge < -0.3 is 29.6 Å². The van der Waals surface area contributed by atoms with E-state index in [-0.39, 0.29) is 24.6 Å². The van der Waals surface area contributed by atoms with Gasteiger partial charge in [0, 0.05) is 36.6 Å². The van der Waals surface area contributed by atoms with Crippen LogP contribution in [0, 0.1) is 6.92 Å². The third-order valence-electron chi connectivity index (χ3n) is 6.57. The fourth-order valence-corrected chi connectivity index (χ4v) is 5.23. The topological polar surface area (TPSA) is 80.7 Å². The number of amides is 1. The second-order valence-corrected chi connectivity index (χ2v) is 9.34. The Balaban J connectivity index is 1.64. The summed E-state index contributed by atoms with van der Waals surface area (Å²) >= 11 is 5.91. The Morgan fingerprint density at radius 3 is 2.63 bits per heavy atom. The highest BCUT2D eigenvalue weighted by Crippen LogP contribution is 2.44. The summed E-state index contributed by atoms with van der Waals surface area (Å²) in [6, 6.07) is 23.5. The maximum atomic E-state index is 12.3. The Labute approximate surface area is 227 Å². The predicted molar refractivity (Wildman–Crippen MR) is 152 cm³/mol. The SMILES string of the molecule is COCC(=O)Nc1cc(N2C(=S)N[C@H](c3ccccn3)[C@H]2c2cccn2-c2ccccc2C)ccc1OC. The second kappa shape index (κ2) is 11.0. The van der Waals surface area contributed by atoms with E-state index in [1.165, 1.54) is 7.11 Å². The number of carbonyl (C=O) groups is 1. The first-order valence-corrected chi connectivity index (χ1v) is 12.6. The lowest BCUT2D eigenvalue weighted by atomic mass is 10.0. The maximum absolute atomic E-state index is 12.3. The van der Waals surface area contributed by atoms with Crippen molar-refractivity contribution in [3.8, 4) is 11.4 Å². The minimum Gasteiger partial charge on any atom is -0.495 e. The minimum absolute atomic E-state index is 0.0641. The van der Waals surface area contributed by atoms with Crippen molar-refractivity contribution >= 4 is 34.6 Å². The van der Waals surface area contributed by atoms with Crippen molar-refractivity contribution in [3.63, 3.8) is 0 Å². The smallest absolute Gasteiger partial charge is 0.250 e. The van der Waals surface area contributed by atoms with E-state index in [4.69, 9.17) is 21.7 Å². The van der Waals surface area contributed by atoms with Crippen LogP contribution < -0.4 is 20.3 Å². The van der Waals surface area contributed by atoms with E-state index in [2.05, 4.69) is 56.4 Å². The zero-order valence-corrected chi connectivity index (χ0v) is 22.2. The van der Waals surface area contributed by atoms with Gasteiger partial charge in [0.2, 0.25) is 5.91 Å². The Morgan fingerprint density at radius 1 is 1.08 bits per heavy atom. The molecule has 0 unspecified atom stereocenters. The number of anilines is 2. The van der Waals surface area contributed by atoms with Gasteiger partial charge in [-0.2, -0.15) is 0 Å². The highest BCUT2D eigenvalue weighted by molar-refractivity contribution is 7.80. The van der Waals surface area contributed by atoms with Crippen LogP contribution in [0.5, 0.6) is 5.75 Å². The van der Waals surface area contributed by atoms with E-state index in [9.17, 15) is 4.79 Å². The quantitative estimate of drug-likeness (QED) is 0.314. The average Bonchev–Trinajstić information content (AvgIpc) is 3.53. The third-order valence-corrected chi connectivity index (χ3v) is 6.88. The number of carbonyl (C=O) groups excluding carboxylic acids is 1. The molecule has 1 saturated heterocycles. The van der Waals surface area contributed by atoms with Crippen molar-refractivity contribution in [1.29, 1.82) is 0 Å². The van der Waals surface area contributed by atoms with Crippen LogP contribution in [0.2, 0.25) is 0 Å². The van der Waals surface area contributed by atoms with E-state index in [1.807, 2.05) is 54.6 Å². The fourth-order valence-electron chi connectivity index (χ4n) is 4.88. The first-order valence-electron chi connectivity index (χ1n) is 12.2. The molecule has 8 nitrogen and oxygen atoms in total. The lowest BCUT2D eigenvalue weighted by Gasteiger charge is -2.29. The van der Waals surface area contributed by atoms with Crippen LogP contribution >= 0.6 is 12.2 Å². The number of aromatic nitrogens is 2. The molecule has 4 aromatic rings. The molecule has 5 rings (SSSR count). The zero-order chi connectivity index (χ0) is 26.6. The monoisotopic (exact) mass is 527 g/mol. The van der Waals surface area contributed by atoms with Gasteiger partial charge in [-0.15, -0.1) is 0 Å². The van der Waals surface area contributed by atoms with E-state index in [1.54, 1.807) is 13.3 Å². The first kappa shape index (κ1) is 25.4. The number of aryl methyl sites for hydroxylation is 1. The van der Waals surface area contributed by atoms with Crippen molar-refractivity contribution in [1.82, 2.24) is 14.9 Å². The van der Waals surface area contributed by atoms with Gasteiger partial charge in [0.15, 0.2) is 5.11 Å². The van der Waals surface area contributed by atoms with Crippen molar-refractivity contribution in [3.05, 3.63) is 102 Å². The van der Waals surface area contributed by atoms with E-state index in [0.717, 1.165) is 28.3 Å².